The van der Waals surface area contributed by atoms with Gasteiger partial charge < -0.3 is 14.8 Å². The van der Waals surface area contributed by atoms with E-state index in [1.807, 2.05) is 31.2 Å². The summed E-state index contributed by atoms with van der Waals surface area (Å²) >= 11 is 0. The van der Waals surface area contributed by atoms with E-state index in [1.54, 1.807) is 0 Å². The fourth-order valence-corrected chi connectivity index (χ4v) is 1.94. The molecule has 0 aliphatic rings. The van der Waals surface area contributed by atoms with Gasteiger partial charge in [0, 0.05) is 12.1 Å². The lowest BCUT2D eigenvalue weighted by Crippen LogP contribution is -2.07. The van der Waals surface area contributed by atoms with Gasteiger partial charge in [-0.05, 0) is 30.5 Å². The van der Waals surface area contributed by atoms with Crippen molar-refractivity contribution in [2.45, 2.75) is 39.8 Å². The number of hydrogen-bond donors (Lipinski definition) is 2. The molecule has 20 heavy (non-hydrogen) atoms. The van der Waals surface area contributed by atoms with Gasteiger partial charge in [-0.2, -0.15) is 0 Å². The zero-order chi connectivity index (χ0) is 14.5. The molecule has 1 aromatic carbocycles. The largest absolute Gasteiger partial charge is 0.423 e. The van der Waals surface area contributed by atoms with Crippen LogP contribution in [-0.2, 0) is 13.0 Å². The van der Waals surface area contributed by atoms with Crippen molar-refractivity contribution in [2.75, 3.05) is 5.32 Å². The zero-order valence-electron chi connectivity index (χ0n) is 12.1. The summed E-state index contributed by atoms with van der Waals surface area (Å²) < 4.78 is 5.65. The molecule has 5 heteroatoms. The molecule has 5 nitrogen and oxygen atoms in total. The minimum Gasteiger partial charge on any atom is -0.423 e. The van der Waals surface area contributed by atoms with Crippen molar-refractivity contribution in [1.29, 1.82) is 0 Å². The Morgan fingerprint density at radius 3 is 2.75 bits per heavy atom. The second-order valence-electron chi connectivity index (χ2n) is 5.36. The third-order valence-electron chi connectivity index (χ3n) is 2.93. The number of aliphatic hydroxyl groups excluding tert-OH is 1. The van der Waals surface area contributed by atoms with Crippen LogP contribution in [0, 0.1) is 5.92 Å². The minimum atomic E-state index is -0.0719. The number of nitrogens with one attached hydrogen (secondary N) is 1. The van der Waals surface area contributed by atoms with E-state index in [4.69, 9.17) is 9.52 Å². The lowest BCUT2D eigenvalue weighted by atomic mass is 10.1. The number of hydrogen-bond acceptors (Lipinski definition) is 5. The Balaban J connectivity index is 2.03. The number of benzene rings is 1. The molecule has 0 aliphatic carbocycles. The fourth-order valence-electron chi connectivity index (χ4n) is 1.94. The maximum Gasteiger partial charge on any atom is 0.238 e. The summed E-state index contributed by atoms with van der Waals surface area (Å²) in [7, 11) is 0. The lowest BCUT2D eigenvalue weighted by Gasteiger charge is -2.12. The topological polar surface area (TPSA) is 71.2 Å². The van der Waals surface area contributed by atoms with Crippen LogP contribution in [0.15, 0.2) is 28.7 Å². The Morgan fingerprint density at radius 1 is 1.25 bits per heavy atom. The fraction of sp³-hybridized carbons (Fsp3) is 0.467. The molecule has 0 bridgehead atoms. The number of rotatable bonds is 6. The molecule has 1 heterocycles. The predicted octanol–water partition coefficient (Wildman–Crippen LogP) is 2.93. The van der Waals surface area contributed by atoms with Crippen LogP contribution in [0.4, 0.5) is 5.69 Å². The summed E-state index contributed by atoms with van der Waals surface area (Å²) in [6.07, 6.45) is 0.791. The average molecular weight is 275 g/mol. The Morgan fingerprint density at radius 2 is 2.05 bits per heavy atom. The molecule has 0 fully saturated rings. The predicted molar refractivity (Wildman–Crippen MR) is 77.2 cm³/mol. The molecule has 0 radical (unpaired) electrons. The highest BCUT2D eigenvalue weighted by Crippen LogP contribution is 2.20. The highest BCUT2D eigenvalue weighted by Gasteiger charge is 2.14. The molecule has 0 saturated heterocycles. The second kappa shape index (κ2) is 6.52. The third-order valence-corrected chi connectivity index (χ3v) is 2.93. The average Bonchev–Trinajstić information content (AvgIpc) is 2.86. The SMILES string of the molecule is CC(C)Cc1nnc([C@@H](C)Nc2cccc(CO)c2)o1. The quantitative estimate of drug-likeness (QED) is 0.848. The Kier molecular flexibility index (Phi) is 4.74. The molecule has 0 aliphatic heterocycles. The van der Waals surface area contributed by atoms with Gasteiger partial charge in [0.25, 0.3) is 0 Å². The summed E-state index contributed by atoms with van der Waals surface area (Å²) in [6, 6.07) is 7.56. The molecule has 1 aromatic heterocycles. The summed E-state index contributed by atoms with van der Waals surface area (Å²) in [5, 5.41) is 20.6. The van der Waals surface area contributed by atoms with Gasteiger partial charge in [0.15, 0.2) is 0 Å². The van der Waals surface area contributed by atoms with Gasteiger partial charge in [0.05, 0.1) is 6.61 Å². The molecule has 1 atom stereocenters. The monoisotopic (exact) mass is 275 g/mol. The third kappa shape index (κ3) is 3.81. The number of aromatic nitrogens is 2. The van der Waals surface area contributed by atoms with Crippen molar-refractivity contribution in [3.8, 4) is 0 Å². The first-order valence-electron chi connectivity index (χ1n) is 6.87. The second-order valence-corrected chi connectivity index (χ2v) is 5.36. The van der Waals surface area contributed by atoms with Gasteiger partial charge in [0.2, 0.25) is 11.8 Å². The Bertz CT molecular complexity index is 552. The van der Waals surface area contributed by atoms with Gasteiger partial charge in [-0.3, -0.25) is 0 Å². The first kappa shape index (κ1) is 14.5. The Labute approximate surface area is 119 Å². The van der Waals surface area contributed by atoms with E-state index >= 15 is 0 Å². The maximum absolute atomic E-state index is 9.13. The summed E-state index contributed by atoms with van der Waals surface area (Å²) in [4.78, 5) is 0. The summed E-state index contributed by atoms with van der Waals surface area (Å²) in [6.45, 7) is 6.24. The van der Waals surface area contributed by atoms with Gasteiger partial charge in [-0.1, -0.05) is 26.0 Å². The van der Waals surface area contributed by atoms with E-state index < -0.39 is 0 Å². The van der Waals surface area contributed by atoms with E-state index in [9.17, 15) is 0 Å². The normalized spacial score (nSPS) is 12.7. The molecular formula is C15H21N3O2. The molecule has 2 rings (SSSR count). The maximum atomic E-state index is 9.13. The van der Waals surface area contributed by atoms with Crippen LogP contribution in [0.1, 0.15) is 44.2 Å². The van der Waals surface area contributed by atoms with Crippen LogP contribution < -0.4 is 5.32 Å². The van der Waals surface area contributed by atoms with Crippen molar-refractivity contribution in [1.82, 2.24) is 10.2 Å². The molecule has 0 amide bonds. The van der Waals surface area contributed by atoms with E-state index in [0.717, 1.165) is 17.7 Å². The van der Waals surface area contributed by atoms with E-state index in [-0.39, 0.29) is 12.6 Å². The van der Waals surface area contributed by atoms with Crippen LogP contribution in [0.2, 0.25) is 0 Å². The molecule has 0 spiro atoms. The number of nitrogens with zero attached hydrogens (tertiary/aromatic N) is 2. The van der Waals surface area contributed by atoms with Crippen molar-refractivity contribution in [3.05, 3.63) is 41.6 Å². The number of aliphatic hydroxyl groups is 1. The molecule has 0 unspecified atom stereocenters. The molecule has 2 aromatic rings. The van der Waals surface area contributed by atoms with Gasteiger partial charge >= 0.3 is 0 Å². The van der Waals surface area contributed by atoms with Crippen molar-refractivity contribution in [3.63, 3.8) is 0 Å². The van der Waals surface area contributed by atoms with Crippen molar-refractivity contribution in [2.24, 2.45) is 5.92 Å². The van der Waals surface area contributed by atoms with Gasteiger partial charge in [0.1, 0.15) is 6.04 Å². The molecule has 108 valence electrons. The minimum absolute atomic E-state index is 0.0307. The van der Waals surface area contributed by atoms with E-state index in [1.165, 1.54) is 0 Å². The smallest absolute Gasteiger partial charge is 0.238 e. The van der Waals surface area contributed by atoms with Gasteiger partial charge in [-0.15, -0.1) is 10.2 Å². The Hall–Kier alpha value is -1.88. The zero-order valence-corrected chi connectivity index (χ0v) is 12.1. The first-order valence-corrected chi connectivity index (χ1v) is 6.87. The highest BCUT2D eigenvalue weighted by atomic mass is 16.4. The summed E-state index contributed by atoms with van der Waals surface area (Å²) in [5.74, 6) is 1.75. The van der Waals surface area contributed by atoms with Crippen molar-refractivity contribution < 1.29 is 9.52 Å². The van der Waals surface area contributed by atoms with Crippen LogP contribution in [-0.4, -0.2) is 15.3 Å². The highest BCUT2D eigenvalue weighted by molar-refractivity contribution is 5.46. The van der Waals surface area contributed by atoms with Crippen LogP contribution in [0.3, 0.4) is 0 Å². The van der Waals surface area contributed by atoms with Crippen LogP contribution >= 0.6 is 0 Å². The van der Waals surface area contributed by atoms with Crippen molar-refractivity contribution >= 4 is 5.69 Å². The van der Waals surface area contributed by atoms with Crippen LogP contribution in [0.25, 0.3) is 0 Å². The van der Waals surface area contributed by atoms with E-state index in [0.29, 0.717) is 17.7 Å². The van der Waals surface area contributed by atoms with Gasteiger partial charge in [-0.25, -0.2) is 0 Å². The van der Waals surface area contributed by atoms with E-state index in [2.05, 4.69) is 29.4 Å². The summed E-state index contributed by atoms with van der Waals surface area (Å²) in [5.41, 5.74) is 1.79. The molecular weight excluding hydrogens is 254 g/mol. The first-order chi connectivity index (χ1) is 9.58. The standard InChI is InChI=1S/C15H21N3O2/c1-10(2)7-14-17-18-15(20-14)11(3)16-13-6-4-5-12(8-13)9-19/h4-6,8,10-11,16,19H,7,9H2,1-3H3/t11-/m1/s1. The molecule has 2 N–H and O–H groups in total. The van der Waals surface area contributed by atoms with Crippen LogP contribution in [0.5, 0.6) is 0 Å². The number of anilines is 1. The lowest BCUT2D eigenvalue weighted by molar-refractivity contribution is 0.282. The molecule has 0 saturated carbocycles.